The predicted molar refractivity (Wildman–Crippen MR) is 81.9 cm³/mol. The number of rotatable bonds is 6. The minimum Gasteiger partial charge on any atom is -0.328 e. The number of aromatic amines is 1. The molecule has 0 bridgehead atoms. The number of nitrogens with zero attached hydrogens (tertiary/aromatic N) is 7. The first-order valence-electron chi connectivity index (χ1n) is 7.42. The van der Waals surface area contributed by atoms with Crippen LogP contribution in [0.15, 0.2) is 15.9 Å². The van der Waals surface area contributed by atoms with Gasteiger partial charge in [-0.05, 0) is 12.8 Å². The maximum absolute atomic E-state index is 12.5. The Morgan fingerprint density at radius 2 is 2.00 bits per heavy atom. The fourth-order valence-electron chi connectivity index (χ4n) is 2.61. The Balaban J connectivity index is 1.71. The van der Waals surface area contributed by atoms with Crippen molar-refractivity contribution in [2.45, 2.75) is 32.2 Å². The molecule has 10 heteroatoms. The van der Waals surface area contributed by atoms with Gasteiger partial charge in [0, 0.05) is 27.1 Å². The molecule has 3 aromatic heterocycles. The summed E-state index contributed by atoms with van der Waals surface area (Å²) in [6.45, 7) is 0.388. The van der Waals surface area contributed by atoms with Crippen molar-refractivity contribution in [3.05, 3.63) is 33.0 Å². The minimum atomic E-state index is -0.334. The summed E-state index contributed by atoms with van der Waals surface area (Å²) in [7, 11) is 3.38. The van der Waals surface area contributed by atoms with Crippen LogP contribution in [0.1, 0.15) is 25.1 Å². The van der Waals surface area contributed by atoms with Crippen LogP contribution in [-0.4, -0.2) is 39.3 Å². The molecular weight excluding hydrogens is 300 g/mol. The number of aromatic nitrogens is 8. The molecule has 0 aromatic carbocycles. The van der Waals surface area contributed by atoms with E-state index in [2.05, 4.69) is 25.6 Å². The van der Waals surface area contributed by atoms with E-state index in [4.69, 9.17) is 0 Å². The second-order valence-corrected chi connectivity index (χ2v) is 5.46. The number of hydrogen-bond acceptors (Lipinski definition) is 6. The minimum absolute atomic E-state index is 0.290. The van der Waals surface area contributed by atoms with E-state index in [0.29, 0.717) is 23.5 Å². The van der Waals surface area contributed by atoms with Crippen LogP contribution in [0.5, 0.6) is 0 Å². The summed E-state index contributed by atoms with van der Waals surface area (Å²) in [6.07, 6.45) is 4.75. The molecule has 3 heterocycles. The topological polar surface area (TPSA) is 116 Å². The summed E-state index contributed by atoms with van der Waals surface area (Å²) in [6, 6.07) is 0. The lowest BCUT2D eigenvalue weighted by Crippen LogP contribution is -2.39. The van der Waals surface area contributed by atoms with E-state index >= 15 is 0 Å². The first-order valence-corrected chi connectivity index (χ1v) is 7.42. The van der Waals surface area contributed by atoms with Crippen LogP contribution in [0.2, 0.25) is 0 Å². The van der Waals surface area contributed by atoms with Gasteiger partial charge in [0.15, 0.2) is 17.0 Å². The summed E-state index contributed by atoms with van der Waals surface area (Å²) in [5.41, 5.74) is 0.232. The Labute approximate surface area is 130 Å². The number of imidazole rings is 1. The number of aryl methyl sites for hydroxylation is 3. The number of H-pyrrole nitrogens is 1. The van der Waals surface area contributed by atoms with Gasteiger partial charge in [-0.25, -0.2) is 9.78 Å². The molecule has 0 aliphatic carbocycles. The third-order valence-corrected chi connectivity index (χ3v) is 3.87. The van der Waals surface area contributed by atoms with E-state index in [1.807, 2.05) is 0 Å². The van der Waals surface area contributed by atoms with Crippen LogP contribution in [0.4, 0.5) is 0 Å². The first-order chi connectivity index (χ1) is 11.1. The average molecular weight is 318 g/mol. The lowest BCUT2D eigenvalue weighted by Gasteiger charge is -2.08. The number of tetrazole rings is 1. The molecule has 10 nitrogen and oxygen atoms in total. The number of hydrogen-bond donors (Lipinski definition) is 1. The molecule has 3 rings (SSSR count). The lowest BCUT2D eigenvalue weighted by atomic mass is 10.2. The van der Waals surface area contributed by atoms with Crippen LogP contribution >= 0.6 is 0 Å². The molecule has 0 unspecified atom stereocenters. The molecule has 1 N–H and O–H groups in total. The Kier molecular flexibility index (Phi) is 4.04. The molecule has 0 aliphatic heterocycles. The third-order valence-electron chi connectivity index (χ3n) is 3.87. The second-order valence-electron chi connectivity index (χ2n) is 5.46. The third kappa shape index (κ3) is 2.79. The quantitative estimate of drug-likeness (QED) is 0.604. The number of unbranched alkanes of at least 4 members (excludes halogenated alkanes) is 2. The molecule has 0 saturated carbocycles. The fourth-order valence-corrected chi connectivity index (χ4v) is 2.61. The zero-order chi connectivity index (χ0) is 16.4. The molecule has 0 fully saturated rings. The summed E-state index contributed by atoms with van der Waals surface area (Å²) in [5.74, 6) is 0.675. The number of fused-ring (bicyclic) bond motifs is 1. The number of nitrogens with one attached hydrogen (secondary N) is 1. The zero-order valence-electron chi connectivity index (χ0n) is 13.1. The summed E-state index contributed by atoms with van der Waals surface area (Å²) < 4.78 is 4.33. The van der Waals surface area contributed by atoms with E-state index in [1.165, 1.54) is 9.13 Å². The highest BCUT2D eigenvalue weighted by atomic mass is 16.2. The monoisotopic (exact) mass is 318 g/mol. The molecule has 0 spiro atoms. The smallest absolute Gasteiger partial charge is 0.328 e. The maximum Gasteiger partial charge on any atom is 0.332 e. The van der Waals surface area contributed by atoms with Crippen LogP contribution in [0.25, 0.3) is 11.2 Å². The van der Waals surface area contributed by atoms with Crippen LogP contribution in [0.3, 0.4) is 0 Å². The van der Waals surface area contributed by atoms with Gasteiger partial charge in [-0.15, -0.1) is 10.2 Å². The molecular formula is C13H18N8O2. The van der Waals surface area contributed by atoms with Crippen molar-refractivity contribution in [1.29, 1.82) is 0 Å². The van der Waals surface area contributed by atoms with Gasteiger partial charge < -0.3 is 4.57 Å². The van der Waals surface area contributed by atoms with Crippen molar-refractivity contribution in [3.63, 3.8) is 0 Å². The molecule has 0 amide bonds. The van der Waals surface area contributed by atoms with Gasteiger partial charge in [0.1, 0.15) is 0 Å². The Morgan fingerprint density at radius 1 is 1.17 bits per heavy atom. The fraction of sp³-hybridized carbons (Fsp3) is 0.538. The van der Waals surface area contributed by atoms with E-state index in [9.17, 15) is 9.59 Å². The highest BCUT2D eigenvalue weighted by molar-refractivity contribution is 5.69. The van der Waals surface area contributed by atoms with Crippen LogP contribution in [-0.2, 0) is 27.1 Å². The largest absolute Gasteiger partial charge is 0.332 e. The van der Waals surface area contributed by atoms with E-state index in [-0.39, 0.29) is 11.2 Å². The van der Waals surface area contributed by atoms with Gasteiger partial charge in [0.2, 0.25) is 0 Å². The van der Waals surface area contributed by atoms with Crippen molar-refractivity contribution in [1.82, 2.24) is 39.3 Å². The SMILES string of the molecule is Cn1cnc2c1c(=O)n(CCCCCc1nn[nH]n1)c(=O)n2C. The molecule has 23 heavy (non-hydrogen) atoms. The van der Waals surface area contributed by atoms with Gasteiger partial charge in [0.25, 0.3) is 5.56 Å². The Morgan fingerprint density at radius 3 is 2.74 bits per heavy atom. The summed E-state index contributed by atoms with van der Waals surface area (Å²) >= 11 is 0. The Bertz CT molecular complexity index is 918. The molecule has 0 aliphatic rings. The van der Waals surface area contributed by atoms with Gasteiger partial charge >= 0.3 is 5.69 Å². The van der Waals surface area contributed by atoms with Crippen molar-refractivity contribution < 1.29 is 0 Å². The van der Waals surface area contributed by atoms with Crippen LogP contribution < -0.4 is 11.2 Å². The van der Waals surface area contributed by atoms with Crippen molar-refractivity contribution in [2.24, 2.45) is 14.1 Å². The first kappa shape index (κ1) is 15.1. The molecule has 0 radical (unpaired) electrons. The summed E-state index contributed by atoms with van der Waals surface area (Å²) in [4.78, 5) is 28.9. The van der Waals surface area contributed by atoms with Gasteiger partial charge in [0.05, 0.1) is 6.33 Å². The van der Waals surface area contributed by atoms with Crippen molar-refractivity contribution in [2.75, 3.05) is 0 Å². The van der Waals surface area contributed by atoms with Gasteiger partial charge in [-0.1, -0.05) is 11.6 Å². The maximum atomic E-state index is 12.5. The normalized spacial score (nSPS) is 11.4. The molecule has 3 aromatic rings. The van der Waals surface area contributed by atoms with Crippen molar-refractivity contribution >= 4 is 11.2 Å². The standard InChI is InChI=1S/C13H18N8O2/c1-19-8-14-11-10(19)12(22)21(13(23)20(11)2)7-5-3-4-6-9-15-17-18-16-9/h8H,3-7H2,1-2H3,(H,15,16,17,18). The van der Waals surface area contributed by atoms with Crippen LogP contribution in [0, 0.1) is 0 Å². The second kappa shape index (κ2) is 6.15. The summed E-state index contributed by atoms with van der Waals surface area (Å²) in [5, 5.41) is 13.7. The Hall–Kier alpha value is -2.78. The zero-order valence-corrected chi connectivity index (χ0v) is 13.1. The van der Waals surface area contributed by atoms with Crippen molar-refractivity contribution in [3.8, 4) is 0 Å². The van der Waals surface area contributed by atoms with E-state index in [1.54, 1.807) is 25.0 Å². The van der Waals surface area contributed by atoms with Gasteiger partial charge in [-0.2, -0.15) is 5.21 Å². The molecule has 0 saturated heterocycles. The average Bonchev–Trinajstić information content (AvgIpc) is 3.17. The van der Waals surface area contributed by atoms with Gasteiger partial charge in [-0.3, -0.25) is 13.9 Å². The predicted octanol–water partition coefficient (Wildman–Crippen LogP) is -0.640. The van der Waals surface area contributed by atoms with E-state index in [0.717, 1.165) is 25.7 Å². The van der Waals surface area contributed by atoms with E-state index < -0.39 is 0 Å². The highest BCUT2D eigenvalue weighted by Gasteiger charge is 2.14. The molecule has 122 valence electrons. The molecule has 0 atom stereocenters. The lowest BCUT2D eigenvalue weighted by molar-refractivity contribution is 0.538. The highest BCUT2D eigenvalue weighted by Crippen LogP contribution is 2.05.